The van der Waals surface area contributed by atoms with E-state index in [4.69, 9.17) is 4.74 Å². The monoisotopic (exact) mass is 512 g/mol. The standard InChI is InChI=1S/C28H20N2O4S2/c31-22(20-11-15-27-29-16-17-30(27)18-20)14-10-19-8-12-21(13-9-19)36(32,33)26-7-3-6-25-28(26)34-23-4-1-2-5-24(23)35-25/h1-9,11-13,15-18H,10,14H2. The molecular formula is C28H20N2O4S2. The third-order valence-electron chi connectivity index (χ3n) is 6.10. The zero-order chi connectivity index (χ0) is 24.7. The maximum absolute atomic E-state index is 13.5. The van der Waals surface area contributed by atoms with E-state index in [2.05, 4.69) is 4.98 Å². The van der Waals surface area contributed by atoms with Gasteiger partial charge in [-0.25, -0.2) is 13.4 Å². The van der Waals surface area contributed by atoms with E-state index in [1.54, 1.807) is 61.1 Å². The minimum absolute atomic E-state index is 0.0214. The lowest BCUT2D eigenvalue weighted by Crippen LogP contribution is -2.07. The summed E-state index contributed by atoms with van der Waals surface area (Å²) in [6, 6.07) is 23.0. The molecule has 0 N–H and O–H groups in total. The van der Waals surface area contributed by atoms with Crippen LogP contribution in [0.5, 0.6) is 11.5 Å². The zero-order valence-corrected chi connectivity index (χ0v) is 20.6. The predicted molar refractivity (Wildman–Crippen MR) is 137 cm³/mol. The number of ketones is 1. The molecule has 3 heterocycles. The van der Waals surface area contributed by atoms with Gasteiger partial charge < -0.3 is 9.14 Å². The van der Waals surface area contributed by atoms with Crippen molar-refractivity contribution < 1.29 is 17.9 Å². The van der Waals surface area contributed by atoms with Gasteiger partial charge in [0.05, 0.1) is 14.7 Å². The van der Waals surface area contributed by atoms with E-state index in [9.17, 15) is 13.2 Å². The molecule has 0 amide bonds. The quantitative estimate of drug-likeness (QED) is 0.246. The molecule has 6 nitrogen and oxygen atoms in total. The molecule has 8 heteroatoms. The first-order valence-corrected chi connectivity index (χ1v) is 13.7. The van der Waals surface area contributed by atoms with Crippen LogP contribution in [0, 0.1) is 0 Å². The first kappa shape index (κ1) is 22.6. The molecule has 0 atom stereocenters. The first-order valence-electron chi connectivity index (χ1n) is 11.4. The fourth-order valence-electron chi connectivity index (χ4n) is 4.18. The Morgan fingerprint density at radius 1 is 0.917 bits per heavy atom. The Labute approximate surface area is 212 Å². The van der Waals surface area contributed by atoms with Crippen molar-refractivity contribution in [1.82, 2.24) is 9.38 Å². The van der Waals surface area contributed by atoms with Crippen molar-refractivity contribution in [2.45, 2.75) is 32.4 Å². The van der Waals surface area contributed by atoms with Gasteiger partial charge in [-0.15, -0.1) is 0 Å². The molecule has 6 rings (SSSR count). The van der Waals surface area contributed by atoms with Crippen molar-refractivity contribution >= 4 is 33.0 Å². The van der Waals surface area contributed by atoms with Gasteiger partial charge in [-0.05, 0) is 60.5 Å². The lowest BCUT2D eigenvalue weighted by Gasteiger charge is -2.21. The third kappa shape index (κ3) is 4.08. The number of aromatic nitrogens is 2. The maximum atomic E-state index is 13.5. The molecule has 0 saturated heterocycles. The largest absolute Gasteiger partial charge is 0.454 e. The Balaban J connectivity index is 1.20. The average molecular weight is 513 g/mol. The number of carbonyl (C=O) groups is 1. The number of hydrogen-bond donors (Lipinski definition) is 0. The predicted octanol–water partition coefficient (Wildman–Crippen LogP) is 6.24. The lowest BCUT2D eigenvalue weighted by molar-refractivity contribution is 0.0982. The first-order chi connectivity index (χ1) is 17.5. The van der Waals surface area contributed by atoms with Crippen molar-refractivity contribution in [3.63, 3.8) is 0 Å². The molecule has 0 fully saturated rings. The van der Waals surface area contributed by atoms with Crippen molar-refractivity contribution in [3.05, 3.63) is 109 Å². The number of ether oxygens (including phenoxy) is 1. The van der Waals surface area contributed by atoms with Crippen LogP contribution in [-0.4, -0.2) is 23.6 Å². The molecule has 178 valence electrons. The topological polar surface area (TPSA) is 77.7 Å². The summed E-state index contributed by atoms with van der Waals surface area (Å²) in [6.45, 7) is 0. The van der Waals surface area contributed by atoms with Crippen LogP contribution in [0.25, 0.3) is 5.65 Å². The Morgan fingerprint density at radius 3 is 2.58 bits per heavy atom. The number of Topliss-reactive ketones (excluding diaryl/α,β-unsaturated/α-hetero) is 1. The number of para-hydroxylation sites is 2. The minimum atomic E-state index is -3.80. The molecular weight excluding hydrogens is 492 g/mol. The molecule has 0 saturated carbocycles. The Hall–Kier alpha value is -3.88. The van der Waals surface area contributed by atoms with Gasteiger partial charge >= 0.3 is 0 Å². The molecule has 0 radical (unpaired) electrons. The Morgan fingerprint density at radius 2 is 1.72 bits per heavy atom. The van der Waals surface area contributed by atoms with Crippen LogP contribution < -0.4 is 4.74 Å². The van der Waals surface area contributed by atoms with Gasteiger partial charge in [0.1, 0.15) is 16.3 Å². The summed E-state index contributed by atoms with van der Waals surface area (Å²) in [6.07, 6.45) is 6.10. The highest BCUT2D eigenvalue weighted by Gasteiger charge is 2.28. The van der Waals surface area contributed by atoms with Gasteiger partial charge in [-0.1, -0.05) is 42.1 Å². The highest BCUT2D eigenvalue weighted by molar-refractivity contribution is 7.99. The summed E-state index contributed by atoms with van der Waals surface area (Å²) in [7, 11) is -3.80. The van der Waals surface area contributed by atoms with Crippen molar-refractivity contribution in [1.29, 1.82) is 0 Å². The fourth-order valence-corrected chi connectivity index (χ4v) is 6.64. The molecule has 1 aliphatic rings. The van der Waals surface area contributed by atoms with E-state index in [0.29, 0.717) is 29.9 Å². The smallest absolute Gasteiger partial charge is 0.210 e. The van der Waals surface area contributed by atoms with Crippen LogP contribution in [-0.2, 0) is 16.3 Å². The maximum Gasteiger partial charge on any atom is 0.210 e. The number of pyridine rings is 1. The second-order valence-corrected chi connectivity index (χ2v) is 11.4. The molecule has 0 spiro atoms. The summed E-state index contributed by atoms with van der Waals surface area (Å²) in [5.41, 5.74) is 2.30. The van der Waals surface area contributed by atoms with E-state index in [0.717, 1.165) is 21.0 Å². The number of imidazole rings is 1. The van der Waals surface area contributed by atoms with Crippen LogP contribution in [0.15, 0.2) is 117 Å². The summed E-state index contributed by atoms with van der Waals surface area (Å²) in [5.74, 6) is 1.02. The van der Waals surface area contributed by atoms with Crippen LogP contribution in [0.3, 0.4) is 0 Å². The average Bonchev–Trinajstić information content (AvgIpc) is 3.38. The molecule has 2 aromatic heterocycles. The van der Waals surface area contributed by atoms with Crippen LogP contribution in [0.4, 0.5) is 0 Å². The molecule has 0 aliphatic carbocycles. The van der Waals surface area contributed by atoms with Crippen molar-refractivity contribution in [2.75, 3.05) is 0 Å². The highest BCUT2D eigenvalue weighted by Crippen LogP contribution is 2.49. The van der Waals surface area contributed by atoms with Gasteiger partial charge in [0.15, 0.2) is 11.5 Å². The fraction of sp³-hybridized carbons (Fsp3) is 0.0714. The number of carbonyl (C=O) groups excluding carboxylic acids is 1. The number of nitrogens with zero attached hydrogens (tertiary/aromatic N) is 2. The summed E-state index contributed by atoms with van der Waals surface area (Å²) >= 11 is 1.49. The van der Waals surface area contributed by atoms with E-state index in [1.807, 2.05) is 40.8 Å². The molecule has 1 aliphatic heterocycles. The molecule has 0 unspecified atom stereocenters. The van der Waals surface area contributed by atoms with Crippen LogP contribution in [0.2, 0.25) is 0 Å². The van der Waals surface area contributed by atoms with Gasteiger partial charge in [0.25, 0.3) is 0 Å². The number of hydrogen-bond acceptors (Lipinski definition) is 6. The number of fused-ring (bicyclic) bond motifs is 3. The number of benzene rings is 3. The van der Waals surface area contributed by atoms with Gasteiger partial charge in [0, 0.05) is 30.6 Å². The van der Waals surface area contributed by atoms with E-state index in [-0.39, 0.29) is 15.6 Å². The van der Waals surface area contributed by atoms with Gasteiger partial charge in [-0.2, -0.15) is 0 Å². The molecule has 36 heavy (non-hydrogen) atoms. The summed E-state index contributed by atoms with van der Waals surface area (Å²) < 4.78 is 34.9. The molecule has 5 aromatic rings. The third-order valence-corrected chi connectivity index (χ3v) is 8.99. The number of aryl methyl sites for hydroxylation is 1. The molecule has 3 aromatic carbocycles. The second kappa shape index (κ2) is 8.96. The van der Waals surface area contributed by atoms with E-state index in [1.165, 1.54) is 11.8 Å². The second-order valence-electron chi connectivity index (χ2n) is 8.42. The van der Waals surface area contributed by atoms with Gasteiger partial charge in [-0.3, -0.25) is 4.79 Å². The van der Waals surface area contributed by atoms with Crippen molar-refractivity contribution in [2.24, 2.45) is 0 Å². The molecule has 0 bridgehead atoms. The van der Waals surface area contributed by atoms with E-state index >= 15 is 0 Å². The SMILES string of the molecule is O=C(CCc1ccc(S(=O)(=O)c2cccc3c2Oc2ccccc2S3)cc1)c1ccc2nccn2c1. The summed E-state index contributed by atoms with van der Waals surface area (Å²) in [5, 5.41) is 0. The normalized spacial score (nSPS) is 12.6. The Kier molecular flexibility index (Phi) is 5.62. The van der Waals surface area contributed by atoms with Crippen LogP contribution >= 0.6 is 11.8 Å². The van der Waals surface area contributed by atoms with Crippen LogP contribution in [0.1, 0.15) is 22.3 Å². The number of sulfone groups is 1. The highest BCUT2D eigenvalue weighted by atomic mass is 32.2. The van der Waals surface area contributed by atoms with Crippen molar-refractivity contribution in [3.8, 4) is 11.5 Å². The summed E-state index contributed by atoms with van der Waals surface area (Å²) in [4.78, 5) is 18.9. The van der Waals surface area contributed by atoms with Gasteiger partial charge in [0.2, 0.25) is 9.84 Å². The zero-order valence-electron chi connectivity index (χ0n) is 19.0. The number of rotatable bonds is 6. The lowest BCUT2D eigenvalue weighted by atomic mass is 10.0. The minimum Gasteiger partial charge on any atom is -0.454 e. The Bertz CT molecular complexity index is 1720. The van der Waals surface area contributed by atoms with E-state index < -0.39 is 9.84 Å².